The van der Waals surface area contributed by atoms with E-state index >= 15 is 0 Å². The van der Waals surface area contributed by atoms with Gasteiger partial charge >= 0.3 is 0 Å². The largest absolute Gasteiger partial charge is 0.456 e. The molecule has 1 aromatic heterocycles. The van der Waals surface area contributed by atoms with Crippen molar-refractivity contribution in [3.8, 4) is 33.4 Å². The fourth-order valence-corrected chi connectivity index (χ4v) is 5.31. The van der Waals surface area contributed by atoms with Crippen molar-refractivity contribution in [2.24, 2.45) is 0 Å². The van der Waals surface area contributed by atoms with E-state index in [1.807, 2.05) is 0 Å². The van der Waals surface area contributed by atoms with Crippen molar-refractivity contribution in [3.05, 3.63) is 157 Å². The summed E-state index contributed by atoms with van der Waals surface area (Å²) in [5, 5.41) is -2.71. The van der Waals surface area contributed by atoms with Crippen molar-refractivity contribution in [2.45, 2.75) is 0 Å². The molecule has 0 bridgehead atoms. The molecule has 0 N–H and O–H groups in total. The summed E-state index contributed by atoms with van der Waals surface area (Å²) < 4.78 is 208. The highest BCUT2D eigenvalue weighted by Crippen LogP contribution is 2.45. The van der Waals surface area contributed by atoms with Crippen LogP contribution in [0.2, 0.25) is 0 Å². The van der Waals surface area contributed by atoms with E-state index in [-0.39, 0.29) is 43.8 Å². The average Bonchev–Trinajstić information content (AvgIpc) is 3.68. The molecule has 0 amide bonds. The van der Waals surface area contributed by atoms with Crippen LogP contribution in [0.4, 0.5) is 0 Å². The topological polar surface area (TPSA) is 13.1 Å². The van der Waals surface area contributed by atoms with Crippen molar-refractivity contribution < 1.29 is 35.9 Å². The zero-order chi connectivity index (χ0) is 48.3. The van der Waals surface area contributed by atoms with Gasteiger partial charge in [-0.25, -0.2) is 0 Å². The predicted molar refractivity (Wildman–Crippen MR) is 183 cm³/mol. The summed E-state index contributed by atoms with van der Waals surface area (Å²) in [7, 11) is 0. The molecule has 1 nitrogen and oxygen atoms in total. The highest BCUT2D eigenvalue weighted by Gasteiger charge is 2.18. The zero-order valence-electron chi connectivity index (χ0n) is 44.6. The van der Waals surface area contributed by atoms with Crippen LogP contribution in [0.3, 0.4) is 0 Å². The lowest BCUT2D eigenvalue weighted by atomic mass is 9.85. The molecule has 0 fully saturated rings. The molecule has 0 unspecified atom stereocenters. The van der Waals surface area contributed by atoms with Crippen LogP contribution in [-0.2, 0) is 0 Å². The third-order valence-corrected chi connectivity index (χ3v) is 7.15. The average molecular weight is 570 g/mol. The van der Waals surface area contributed by atoms with Gasteiger partial charge in [-0.05, 0) is 96.0 Å². The minimum absolute atomic E-state index is 0.0147. The van der Waals surface area contributed by atoms with Crippen LogP contribution in [0.1, 0.15) is 31.5 Å². The Morgan fingerprint density at radius 1 is 0.372 bits per heavy atom. The fraction of sp³-hybridized carbons (Fsp3) is 0. The maximum Gasteiger partial charge on any atom is 0.136 e. The van der Waals surface area contributed by atoms with E-state index in [1.54, 1.807) is 0 Å². The number of hydrogen-bond donors (Lipinski definition) is 0. The summed E-state index contributed by atoms with van der Waals surface area (Å²) in [5.74, 6) is 0. The molecule has 1 heteroatoms. The van der Waals surface area contributed by atoms with E-state index in [1.165, 1.54) is 18.2 Å². The van der Waals surface area contributed by atoms with Crippen LogP contribution in [-0.4, -0.2) is 0 Å². The van der Waals surface area contributed by atoms with Crippen LogP contribution in [0.5, 0.6) is 0 Å². The van der Waals surface area contributed by atoms with Crippen LogP contribution in [0.15, 0.2) is 162 Å². The Morgan fingerprint density at radius 2 is 0.977 bits per heavy atom. The second-order valence-corrected chi connectivity index (χ2v) is 9.52. The maximum absolute atomic E-state index is 9.40. The molecule has 43 heavy (non-hydrogen) atoms. The highest BCUT2D eigenvalue weighted by molar-refractivity contribution is 6.22. The van der Waals surface area contributed by atoms with Crippen LogP contribution >= 0.6 is 0 Å². The molecule has 1 heterocycles. The third-order valence-electron chi connectivity index (χ3n) is 7.15. The molecule has 0 spiro atoms. The second-order valence-electron chi connectivity index (χ2n) is 9.52. The van der Waals surface area contributed by atoms with Gasteiger partial charge in [-0.15, -0.1) is 0 Å². The number of furan rings is 1. The van der Waals surface area contributed by atoms with Crippen molar-refractivity contribution in [1.29, 1.82) is 0 Å². The minimum atomic E-state index is -0.842. The van der Waals surface area contributed by atoms with E-state index < -0.39 is 183 Å². The van der Waals surface area contributed by atoms with Crippen LogP contribution in [0, 0.1) is 0 Å². The van der Waals surface area contributed by atoms with Crippen LogP contribution < -0.4 is 0 Å². The zero-order valence-corrected chi connectivity index (χ0v) is 21.6. The quantitative estimate of drug-likeness (QED) is 0.193. The Hall–Kier alpha value is -5.66. The minimum Gasteiger partial charge on any atom is -0.456 e. The SMILES string of the molecule is [2H]c1c([2H])c([2H])c(-c2c([2H])c([2H])c3oc4cc(-c5c6c([2H])c([2H])c([2H])c([2H])c6c(-c6c([2H])c([2H])c7c([2H])c([2H])c([2H])c([2H])c7c6[2H])c6c([2H])c([2H])c([2H])c([2H])c56)ccc4c3c2[2H])c([2H])c1[2H]. The lowest BCUT2D eigenvalue weighted by molar-refractivity contribution is 0.669. The van der Waals surface area contributed by atoms with Gasteiger partial charge in [0, 0.05) is 10.8 Å². The summed E-state index contributed by atoms with van der Waals surface area (Å²) >= 11 is 0. The molecule has 0 aliphatic heterocycles. The van der Waals surface area contributed by atoms with Gasteiger partial charge in [-0.2, -0.15) is 0 Å². The summed E-state index contributed by atoms with van der Waals surface area (Å²) in [6, 6.07) is -13.1. The Morgan fingerprint density at radius 3 is 1.70 bits per heavy atom. The van der Waals surface area contributed by atoms with Gasteiger partial charge < -0.3 is 4.42 Å². The van der Waals surface area contributed by atoms with Gasteiger partial charge in [0.15, 0.2) is 0 Å². The monoisotopic (exact) mass is 569 g/mol. The second kappa shape index (κ2) is 9.44. The number of hydrogen-bond acceptors (Lipinski definition) is 1. The number of fused-ring (bicyclic) bond motifs is 6. The first kappa shape index (κ1) is 10.6. The van der Waals surface area contributed by atoms with Gasteiger partial charge in [-0.3, -0.25) is 0 Å². The lowest BCUT2D eigenvalue weighted by Crippen LogP contribution is -1.91. The van der Waals surface area contributed by atoms with Gasteiger partial charge in [0.2, 0.25) is 0 Å². The molecular formula is C42H26O. The molecule has 0 atom stereocenters. The third kappa shape index (κ3) is 3.79. The molecule has 0 saturated heterocycles. The highest BCUT2D eigenvalue weighted by atomic mass is 16.3. The van der Waals surface area contributed by atoms with Gasteiger partial charge in [0.05, 0.1) is 31.5 Å². The van der Waals surface area contributed by atoms with Gasteiger partial charge in [-0.1, -0.05) is 127 Å². The van der Waals surface area contributed by atoms with E-state index in [4.69, 9.17) is 26.3 Å². The summed E-state index contributed by atoms with van der Waals surface area (Å²) in [6.45, 7) is 0. The Bertz CT molecular complexity index is 3690. The van der Waals surface area contributed by atoms with Crippen molar-refractivity contribution >= 4 is 54.3 Å². The fourth-order valence-electron chi connectivity index (χ4n) is 5.31. The van der Waals surface area contributed by atoms with E-state index in [0.717, 1.165) is 0 Å². The van der Waals surface area contributed by atoms with E-state index in [0.29, 0.717) is 0 Å². The van der Waals surface area contributed by atoms with E-state index in [9.17, 15) is 9.60 Å². The molecular weight excluding hydrogens is 520 g/mol. The number of benzene rings is 8. The Balaban J connectivity index is 1.48. The normalized spacial score (nSPS) is 19.2. The Labute approximate surface area is 281 Å². The molecule has 0 radical (unpaired) electrons. The van der Waals surface area contributed by atoms with Crippen molar-refractivity contribution in [1.82, 2.24) is 0 Å². The summed E-state index contributed by atoms with van der Waals surface area (Å²) in [5.41, 5.74) is -2.73. The van der Waals surface area contributed by atoms with Crippen molar-refractivity contribution in [3.63, 3.8) is 0 Å². The lowest BCUT2D eigenvalue weighted by Gasteiger charge is -2.18. The van der Waals surface area contributed by atoms with Gasteiger partial charge in [0.25, 0.3) is 0 Å². The maximum atomic E-state index is 9.40. The smallest absolute Gasteiger partial charge is 0.136 e. The number of rotatable bonds is 3. The van der Waals surface area contributed by atoms with E-state index in [2.05, 4.69) is 0 Å². The standard InChI is InChI=1S/C42H26O/c1-2-10-27(11-3-1)30-21-23-39-38(25-30)33-22-20-32(26-40(33)43-39)42-36-16-8-6-14-34(36)41(35-15-7-9-17-37(35)42)31-19-18-28-12-4-5-13-29(28)24-31/h1-26H/i1D,2D,3D,4D,5D,6D,7D,8D,9D,10D,11D,12D,13D,14D,15D,16D,17D,18D,19D,21D,23D,24D,25D. The summed E-state index contributed by atoms with van der Waals surface area (Å²) in [4.78, 5) is 0. The molecule has 200 valence electrons. The molecule has 8 aromatic carbocycles. The molecule has 0 aliphatic carbocycles. The first-order valence-electron chi connectivity index (χ1n) is 24.4. The molecule has 0 saturated carbocycles. The molecule has 9 rings (SSSR count). The summed E-state index contributed by atoms with van der Waals surface area (Å²) in [6.07, 6.45) is 0. The molecule has 0 aliphatic rings. The van der Waals surface area contributed by atoms with Crippen molar-refractivity contribution in [2.75, 3.05) is 0 Å². The van der Waals surface area contributed by atoms with Crippen LogP contribution in [0.25, 0.3) is 87.6 Å². The van der Waals surface area contributed by atoms with Gasteiger partial charge in [0.1, 0.15) is 11.2 Å². The molecule has 9 aromatic rings. The predicted octanol–water partition coefficient (Wildman–Crippen LogP) is 12.0. The first-order chi connectivity index (χ1) is 30.9. The first-order valence-corrected chi connectivity index (χ1v) is 12.9. The Kier molecular flexibility index (Phi) is 2.32.